The van der Waals surface area contributed by atoms with Gasteiger partial charge in [0.2, 0.25) is 5.95 Å². The number of amides is 2. The third-order valence-electron chi connectivity index (χ3n) is 8.64. The summed E-state index contributed by atoms with van der Waals surface area (Å²) in [6, 6.07) is 14.1. The predicted octanol–water partition coefficient (Wildman–Crippen LogP) is 2.48. The summed E-state index contributed by atoms with van der Waals surface area (Å²) >= 11 is 0. The summed E-state index contributed by atoms with van der Waals surface area (Å²) in [5, 5.41) is 0.902. The number of hydrogen-bond acceptors (Lipinski definition) is 8. The first-order chi connectivity index (χ1) is 21.8. The van der Waals surface area contributed by atoms with Crippen LogP contribution in [0.15, 0.2) is 58.1 Å². The van der Waals surface area contributed by atoms with Crippen LogP contribution in [0.1, 0.15) is 52.0 Å². The molecular formula is C33H30N8O4. The average Bonchev–Trinajstić information content (AvgIpc) is 3.56. The smallest absolute Gasteiger partial charge is 0.332 e. The number of aryl methyl sites for hydroxylation is 2. The summed E-state index contributed by atoms with van der Waals surface area (Å²) in [5.74, 6) is 6.13. The number of rotatable bonds is 5. The van der Waals surface area contributed by atoms with Crippen LogP contribution in [0.25, 0.3) is 22.1 Å². The maximum atomic E-state index is 14.1. The molecule has 0 aliphatic carbocycles. The Balaban J connectivity index is 1.30. The van der Waals surface area contributed by atoms with Crippen molar-refractivity contribution in [2.75, 3.05) is 18.0 Å². The summed E-state index contributed by atoms with van der Waals surface area (Å²) in [4.78, 5) is 71.5. The van der Waals surface area contributed by atoms with Gasteiger partial charge in [-0.15, -0.1) is 5.92 Å². The lowest BCUT2D eigenvalue weighted by Crippen LogP contribution is -2.50. The van der Waals surface area contributed by atoms with E-state index < -0.39 is 11.2 Å². The van der Waals surface area contributed by atoms with Gasteiger partial charge in [-0.3, -0.25) is 33.0 Å². The maximum Gasteiger partial charge on any atom is 0.332 e. The fraction of sp³-hybridized carbons (Fsp3) is 0.303. The number of imidazole rings is 1. The molecule has 7 rings (SSSR count). The molecule has 1 fully saturated rings. The summed E-state index contributed by atoms with van der Waals surface area (Å²) in [6.45, 7) is 4.56. The third kappa shape index (κ3) is 4.50. The summed E-state index contributed by atoms with van der Waals surface area (Å²) < 4.78 is 4.21. The van der Waals surface area contributed by atoms with Crippen LogP contribution < -0.4 is 16.1 Å². The standard InChI is InChI=1S/C33H30N8O4/c1-4-5-17-39-27-28(37(3)33(45)40(31(27)44)19-26-34-20(2)22-12-8-9-15-25(22)35-26)36-32(39)38-16-10-11-21(18-38)41-29(42)23-13-6-7-14-24(23)30(41)43/h6-9,12-15,21H,10-11,16-19H2,1-3H3. The lowest BCUT2D eigenvalue weighted by Gasteiger charge is -2.37. The monoisotopic (exact) mass is 602 g/mol. The number of para-hydroxylation sites is 1. The molecule has 45 heavy (non-hydrogen) atoms. The average molecular weight is 603 g/mol. The maximum absolute atomic E-state index is 14.1. The second-order valence-electron chi connectivity index (χ2n) is 11.3. The van der Waals surface area contributed by atoms with Gasteiger partial charge in [0.05, 0.1) is 35.8 Å². The first-order valence-corrected chi connectivity index (χ1v) is 14.8. The van der Waals surface area contributed by atoms with Crippen LogP contribution in [0.4, 0.5) is 5.95 Å². The zero-order chi connectivity index (χ0) is 31.4. The highest BCUT2D eigenvalue weighted by Gasteiger charge is 2.41. The lowest BCUT2D eigenvalue weighted by atomic mass is 10.0. The Morgan fingerprint density at radius 2 is 1.62 bits per heavy atom. The van der Waals surface area contributed by atoms with Crippen LogP contribution in [0.2, 0.25) is 0 Å². The molecular weight excluding hydrogens is 572 g/mol. The number of nitrogens with zero attached hydrogens (tertiary/aromatic N) is 8. The van der Waals surface area contributed by atoms with Crippen molar-refractivity contribution in [2.45, 2.75) is 45.8 Å². The van der Waals surface area contributed by atoms with Gasteiger partial charge in [-0.05, 0) is 44.9 Å². The summed E-state index contributed by atoms with van der Waals surface area (Å²) in [7, 11) is 1.58. The normalized spacial score (nSPS) is 16.4. The number of aromatic nitrogens is 6. The van der Waals surface area contributed by atoms with E-state index in [-0.39, 0.29) is 42.1 Å². The number of benzene rings is 2. The minimum absolute atomic E-state index is 0.112. The van der Waals surface area contributed by atoms with Crippen molar-refractivity contribution in [3.05, 3.63) is 92.0 Å². The van der Waals surface area contributed by atoms with Gasteiger partial charge < -0.3 is 4.90 Å². The topological polar surface area (TPSA) is 128 Å². The fourth-order valence-electron chi connectivity index (χ4n) is 6.44. The van der Waals surface area contributed by atoms with E-state index in [9.17, 15) is 19.2 Å². The van der Waals surface area contributed by atoms with Gasteiger partial charge in [0.25, 0.3) is 17.4 Å². The first-order valence-electron chi connectivity index (χ1n) is 14.8. The van der Waals surface area contributed by atoms with E-state index in [1.165, 1.54) is 9.47 Å². The highest BCUT2D eigenvalue weighted by Crippen LogP contribution is 2.30. The Labute approximate surface area is 257 Å². The van der Waals surface area contributed by atoms with Crippen molar-refractivity contribution < 1.29 is 9.59 Å². The van der Waals surface area contributed by atoms with E-state index in [4.69, 9.17) is 4.98 Å². The van der Waals surface area contributed by atoms with Crippen molar-refractivity contribution in [2.24, 2.45) is 7.05 Å². The molecule has 12 heteroatoms. The van der Waals surface area contributed by atoms with Crippen molar-refractivity contribution in [1.82, 2.24) is 33.6 Å². The number of hydrogen-bond donors (Lipinski definition) is 0. The molecule has 2 aliphatic rings. The molecule has 226 valence electrons. The van der Waals surface area contributed by atoms with Gasteiger partial charge in [0, 0.05) is 31.2 Å². The number of piperidine rings is 1. The van der Waals surface area contributed by atoms with Crippen LogP contribution in [0.3, 0.4) is 0 Å². The minimum atomic E-state index is -0.540. The van der Waals surface area contributed by atoms with Gasteiger partial charge in [0.1, 0.15) is 5.82 Å². The molecule has 2 aromatic carbocycles. The number of imide groups is 1. The number of fused-ring (bicyclic) bond motifs is 3. The van der Waals surface area contributed by atoms with E-state index in [1.54, 1.807) is 42.8 Å². The number of carbonyl (C=O) groups excluding carboxylic acids is 2. The van der Waals surface area contributed by atoms with E-state index in [0.717, 1.165) is 21.2 Å². The molecule has 0 radical (unpaired) electrons. The second kappa shape index (κ2) is 10.9. The van der Waals surface area contributed by atoms with Crippen molar-refractivity contribution in [3.63, 3.8) is 0 Å². The molecule has 2 amide bonds. The molecule has 1 saturated heterocycles. The zero-order valence-electron chi connectivity index (χ0n) is 25.1. The van der Waals surface area contributed by atoms with Crippen molar-refractivity contribution >= 4 is 39.8 Å². The minimum Gasteiger partial charge on any atom is -0.340 e. The van der Waals surface area contributed by atoms with E-state index in [1.807, 2.05) is 36.1 Å². The van der Waals surface area contributed by atoms with Gasteiger partial charge in [-0.25, -0.2) is 14.8 Å². The zero-order valence-corrected chi connectivity index (χ0v) is 25.1. The largest absolute Gasteiger partial charge is 0.340 e. The molecule has 2 aliphatic heterocycles. The molecule has 0 bridgehead atoms. The van der Waals surface area contributed by atoms with E-state index in [2.05, 4.69) is 21.8 Å². The highest BCUT2D eigenvalue weighted by atomic mass is 16.2. The Hall–Kier alpha value is -5.57. The Kier molecular flexibility index (Phi) is 6.81. The molecule has 0 saturated carbocycles. The molecule has 3 aromatic heterocycles. The van der Waals surface area contributed by atoms with Crippen LogP contribution in [0.5, 0.6) is 0 Å². The van der Waals surface area contributed by atoms with Crippen LogP contribution in [0, 0.1) is 18.8 Å². The number of carbonyl (C=O) groups is 2. The SMILES string of the molecule is CC#CCn1c(N2CCCC(N3C(=O)c4ccccc4C3=O)C2)nc2c1c(=O)n(Cc1nc(C)c3ccccc3n1)c(=O)n2C. The summed E-state index contributed by atoms with van der Waals surface area (Å²) in [5.41, 5.74) is 1.70. The predicted molar refractivity (Wildman–Crippen MR) is 168 cm³/mol. The van der Waals surface area contributed by atoms with Crippen molar-refractivity contribution in [3.8, 4) is 11.8 Å². The molecule has 12 nitrogen and oxygen atoms in total. The van der Waals surface area contributed by atoms with Gasteiger partial charge in [-0.1, -0.05) is 36.3 Å². The van der Waals surface area contributed by atoms with Gasteiger partial charge >= 0.3 is 5.69 Å². The van der Waals surface area contributed by atoms with Crippen LogP contribution >= 0.6 is 0 Å². The Morgan fingerprint density at radius 3 is 2.36 bits per heavy atom. The summed E-state index contributed by atoms with van der Waals surface area (Å²) in [6.07, 6.45) is 1.34. The van der Waals surface area contributed by atoms with Crippen LogP contribution in [-0.4, -0.2) is 64.5 Å². The van der Waals surface area contributed by atoms with Gasteiger partial charge in [-0.2, -0.15) is 4.98 Å². The molecule has 0 spiro atoms. The van der Waals surface area contributed by atoms with Crippen molar-refractivity contribution in [1.29, 1.82) is 0 Å². The molecule has 0 N–H and O–H groups in total. The fourth-order valence-corrected chi connectivity index (χ4v) is 6.44. The first kappa shape index (κ1) is 28.2. The van der Waals surface area contributed by atoms with E-state index in [0.29, 0.717) is 48.8 Å². The Bertz CT molecular complexity index is 2200. The van der Waals surface area contributed by atoms with Crippen LogP contribution in [-0.2, 0) is 20.1 Å². The Morgan fingerprint density at radius 1 is 0.911 bits per heavy atom. The second-order valence-corrected chi connectivity index (χ2v) is 11.3. The number of anilines is 1. The molecule has 1 unspecified atom stereocenters. The molecule has 1 atom stereocenters. The van der Waals surface area contributed by atoms with Gasteiger partial charge in [0.15, 0.2) is 11.2 Å². The quantitative estimate of drug-likeness (QED) is 0.222. The van der Waals surface area contributed by atoms with E-state index >= 15 is 0 Å². The third-order valence-corrected chi connectivity index (χ3v) is 8.64. The molecule has 5 heterocycles. The lowest BCUT2D eigenvalue weighted by molar-refractivity contribution is 0.0569. The molecule has 5 aromatic rings. The highest BCUT2D eigenvalue weighted by molar-refractivity contribution is 6.21.